The highest BCUT2D eigenvalue weighted by molar-refractivity contribution is 9.10. The first kappa shape index (κ1) is 26.2. The molecule has 0 N–H and O–H groups in total. The lowest BCUT2D eigenvalue weighted by Crippen LogP contribution is -2.42. The van der Waals surface area contributed by atoms with E-state index in [9.17, 15) is 9.59 Å². The summed E-state index contributed by atoms with van der Waals surface area (Å²) in [6.07, 6.45) is 8.17. The molecule has 0 saturated carbocycles. The van der Waals surface area contributed by atoms with Crippen LogP contribution in [0.1, 0.15) is 67.3 Å². The summed E-state index contributed by atoms with van der Waals surface area (Å²) < 4.78 is 2.01. The topological polar surface area (TPSA) is 53.5 Å². The van der Waals surface area contributed by atoms with E-state index >= 15 is 0 Å². The van der Waals surface area contributed by atoms with Gasteiger partial charge in [0.2, 0.25) is 11.8 Å². The maximum atomic E-state index is 13.1. The normalized spacial score (nSPS) is 21.1. The molecule has 0 spiro atoms. The number of aromatic nitrogens is 1. The largest absolute Gasteiger partial charge is 0.343 e. The van der Waals surface area contributed by atoms with Gasteiger partial charge in [-0.2, -0.15) is 0 Å². The van der Waals surface area contributed by atoms with Gasteiger partial charge in [-0.3, -0.25) is 14.6 Å². The summed E-state index contributed by atoms with van der Waals surface area (Å²) in [7, 11) is 0. The Kier molecular flexibility index (Phi) is 8.09. The molecular formula is C28H32Br2ClN3O2. The van der Waals surface area contributed by atoms with E-state index in [2.05, 4.69) is 48.9 Å². The molecular weight excluding hydrogens is 606 g/mol. The van der Waals surface area contributed by atoms with Crippen LogP contribution < -0.4 is 0 Å². The van der Waals surface area contributed by atoms with Crippen molar-refractivity contribution in [2.75, 3.05) is 26.2 Å². The fraction of sp³-hybridized carbons (Fsp3) is 0.536. The fourth-order valence-corrected chi connectivity index (χ4v) is 7.43. The van der Waals surface area contributed by atoms with Crippen LogP contribution in [0.2, 0.25) is 5.02 Å². The van der Waals surface area contributed by atoms with E-state index in [1.807, 2.05) is 17.2 Å². The molecule has 3 heterocycles. The number of carbonyl (C=O) groups is 2. The highest BCUT2D eigenvalue weighted by Gasteiger charge is 2.36. The maximum Gasteiger partial charge on any atom is 0.222 e. The predicted molar refractivity (Wildman–Crippen MR) is 149 cm³/mol. The van der Waals surface area contributed by atoms with E-state index in [0.29, 0.717) is 18.3 Å². The number of nitrogens with zero attached hydrogens (tertiary/aromatic N) is 3. The predicted octanol–water partition coefficient (Wildman–Crippen LogP) is 6.38. The molecule has 2 aromatic rings. The molecule has 8 heteroatoms. The number of piperidine rings is 2. The zero-order chi connectivity index (χ0) is 25.4. The number of carbonyl (C=O) groups excluding carboxylic acids is 2. The van der Waals surface area contributed by atoms with Crippen LogP contribution in [-0.4, -0.2) is 52.8 Å². The molecule has 0 radical (unpaired) electrons. The summed E-state index contributed by atoms with van der Waals surface area (Å²) in [6, 6.07) is 6.40. The van der Waals surface area contributed by atoms with Crippen molar-refractivity contribution >= 4 is 55.3 Å². The molecule has 5 rings (SSSR count). The SMILES string of the molecule is CC(=O)N1CCC(CC(=O)N2CCC([C@@H]3c4ccc(Cl)c(Br)c4CCc4cc(Br)cnc43)CC2)CC1. The first-order valence-corrected chi connectivity index (χ1v) is 14.9. The first-order valence-electron chi connectivity index (χ1n) is 13.0. The van der Waals surface area contributed by atoms with Crippen LogP contribution in [0, 0.1) is 11.8 Å². The Morgan fingerprint density at radius 2 is 1.72 bits per heavy atom. The Labute approximate surface area is 235 Å². The van der Waals surface area contributed by atoms with E-state index in [1.54, 1.807) is 6.92 Å². The van der Waals surface area contributed by atoms with Gasteiger partial charge < -0.3 is 9.80 Å². The van der Waals surface area contributed by atoms with E-state index in [4.69, 9.17) is 16.6 Å². The molecule has 2 amide bonds. The highest BCUT2D eigenvalue weighted by atomic mass is 79.9. The standard InChI is InChI=1S/C28H32Br2ClN3O2/c1-17(35)33-10-6-18(7-11-33)14-25(36)34-12-8-19(9-13-34)26-22-4-5-24(31)27(30)23(22)3-2-20-15-21(29)16-32-28(20)26/h4-5,15-16,18-19,26H,2-3,6-14H2,1H3/t26-/m1/s1. The van der Waals surface area contributed by atoms with Crippen molar-refractivity contribution in [3.05, 3.63) is 60.7 Å². The third-order valence-corrected chi connectivity index (χ3v) is 10.2. The minimum absolute atomic E-state index is 0.139. The lowest BCUT2D eigenvalue weighted by atomic mass is 9.76. The Balaban J connectivity index is 1.30. The number of fused-ring (bicyclic) bond motifs is 2. The van der Waals surface area contributed by atoms with E-state index in [1.165, 1.54) is 22.4 Å². The van der Waals surface area contributed by atoms with Gasteiger partial charge in [-0.1, -0.05) is 17.7 Å². The van der Waals surface area contributed by atoms with Gasteiger partial charge in [0.05, 0.1) is 10.7 Å². The number of likely N-dealkylation sites (tertiary alicyclic amines) is 2. The average molecular weight is 638 g/mol. The van der Waals surface area contributed by atoms with Crippen LogP contribution in [0.5, 0.6) is 0 Å². The lowest BCUT2D eigenvalue weighted by Gasteiger charge is -2.38. The third kappa shape index (κ3) is 5.39. The zero-order valence-electron chi connectivity index (χ0n) is 20.6. The van der Waals surface area contributed by atoms with Gasteiger partial charge in [0.15, 0.2) is 0 Å². The van der Waals surface area contributed by atoms with E-state index < -0.39 is 0 Å². The monoisotopic (exact) mass is 635 g/mol. The van der Waals surface area contributed by atoms with E-state index in [0.717, 1.165) is 78.7 Å². The van der Waals surface area contributed by atoms with Crippen LogP contribution in [0.3, 0.4) is 0 Å². The number of hydrogen-bond donors (Lipinski definition) is 0. The van der Waals surface area contributed by atoms with Crippen molar-refractivity contribution in [2.24, 2.45) is 11.8 Å². The molecule has 1 aliphatic carbocycles. The molecule has 2 fully saturated rings. The van der Waals surface area contributed by atoms with E-state index in [-0.39, 0.29) is 17.7 Å². The highest BCUT2D eigenvalue weighted by Crippen LogP contribution is 2.45. The van der Waals surface area contributed by atoms with Crippen LogP contribution in [-0.2, 0) is 22.4 Å². The van der Waals surface area contributed by atoms with Crippen molar-refractivity contribution in [1.29, 1.82) is 0 Å². The molecule has 1 atom stereocenters. The summed E-state index contributed by atoms with van der Waals surface area (Å²) in [4.78, 5) is 33.6. The van der Waals surface area contributed by atoms with Gasteiger partial charge in [-0.05, 0) is 111 Å². The van der Waals surface area contributed by atoms with Crippen molar-refractivity contribution in [1.82, 2.24) is 14.8 Å². The number of aryl methyl sites for hydroxylation is 1. The Morgan fingerprint density at radius 1 is 1.03 bits per heavy atom. The van der Waals surface area contributed by atoms with Crippen molar-refractivity contribution in [3.63, 3.8) is 0 Å². The molecule has 192 valence electrons. The number of halogens is 3. The number of hydrogen-bond acceptors (Lipinski definition) is 3. The van der Waals surface area contributed by atoms with Crippen molar-refractivity contribution in [2.45, 2.75) is 57.8 Å². The summed E-state index contributed by atoms with van der Waals surface area (Å²) >= 11 is 13.9. The number of rotatable bonds is 3. The van der Waals surface area contributed by atoms with Crippen LogP contribution in [0.15, 0.2) is 33.3 Å². The second-order valence-corrected chi connectivity index (χ2v) is 12.6. The Morgan fingerprint density at radius 3 is 2.42 bits per heavy atom. The van der Waals surface area contributed by atoms with Crippen molar-refractivity contribution in [3.8, 4) is 0 Å². The quantitative estimate of drug-likeness (QED) is 0.393. The van der Waals surface area contributed by atoms with Gasteiger partial charge in [-0.15, -0.1) is 0 Å². The molecule has 0 bridgehead atoms. The Hall–Kier alpha value is -1.44. The minimum Gasteiger partial charge on any atom is -0.343 e. The average Bonchev–Trinajstić information content (AvgIpc) is 3.03. The van der Waals surface area contributed by atoms with Crippen molar-refractivity contribution < 1.29 is 9.59 Å². The summed E-state index contributed by atoms with van der Waals surface area (Å²) in [6.45, 7) is 4.77. The molecule has 3 aliphatic rings. The number of benzene rings is 1. The molecule has 5 nitrogen and oxygen atoms in total. The molecule has 1 aromatic carbocycles. The van der Waals surface area contributed by atoms with Gasteiger partial charge in [0.25, 0.3) is 0 Å². The zero-order valence-corrected chi connectivity index (χ0v) is 24.5. The summed E-state index contributed by atoms with van der Waals surface area (Å²) in [5.74, 6) is 1.42. The number of pyridine rings is 1. The van der Waals surface area contributed by atoms with Crippen LogP contribution in [0.25, 0.3) is 0 Å². The second-order valence-electron chi connectivity index (χ2n) is 10.5. The molecule has 1 aromatic heterocycles. The second kappa shape index (κ2) is 11.1. The lowest BCUT2D eigenvalue weighted by molar-refractivity contribution is -0.134. The third-order valence-electron chi connectivity index (χ3n) is 8.36. The first-order chi connectivity index (χ1) is 17.3. The fourth-order valence-electron chi connectivity index (χ4n) is 6.32. The molecule has 36 heavy (non-hydrogen) atoms. The van der Waals surface area contributed by atoms with Gasteiger partial charge >= 0.3 is 0 Å². The smallest absolute Gasteiger partial charge is 0.222 e. The molecule has 2 aliphatic heterocycles. The number of amides is 2. The van der Waals surface area contributed by atoms with Gasteiger partial charge in [-0.25, -0.2) is 0 Å². The molecule has 2 saturated heterocycles. The summed E-state index contributed by atoms with van der Waals surface area (Å²) in [5.41, 5.74) is 5.08. The van der Waals surface area contributed by atoms with Gasteiger partial charge in [0.1, 0.15) is 0 Å². The van der Waals surface area contributed by atoms with Crippen LogP contribution in [0.4, 0.5) is 0 Å². The minimum atomic E-state index is 0.139. The Bertz CT molecular complexity index is 1160. The van der Waals surface area contributed by atoms with Crippen LogP contribution >= 0.6 is 43.5 Å². The maximum absolute atomic E-state index is 13.1. The molecule has 0 unspecified atom stereocenters. The van der Waals surface area contributed by atoms with Gasteiger partial charge in [0, 0.05) is 60.6 Å². The summed E-state index contributed by atoms with van der Waals surface area (Å²) in [5, 5.41) is 0.752.